The molecule has 0 spiro atoms. The van der Waals surface area contributed by atoms with E-state index in [2.05, 4.69) is 25.8 Å². The molecule has 2 fully saturated rings. The Morgan fingerprint density at radius 1 is 1.15 bits per heavy atom. The van der Waals surface area contributed by atoms with E-state index < -0.39 is 0 Å². The second-order valence-electron chi connectivity index (χ2n) is 5.90. The summed E-state index contributed by atoms with van der Waals surface area (Å²) in [6, 6.07) is 8.73. The molecule has 2 aliphatic heterocycles. The summed E-state index contributed by atoms with van der Waals surface area (Å²) in [5, 5.41) is 12.0. The van der Waals surface area contributed by atoms with E-state index in [9.17, 15) is 5.11 Å². The van der Waals surface area contributed by atoms with Crippen molar-refractivity contribution in [1.82, 2.24) is 4.98 Å². The number of alkyl halides is 1. The maximum absolute atomic E-state index is 9.79. The molecule has 4 heteroatoms. The molecule has 1 aromatic carbocycles. The molecule has 2 unspecified atom stereocenters. The third-order valence-corrected chi connectivity index (χ3v) is 5.40. The van der Waals surface area contributed by atoms with Crippen molar-refractivity contribution in [3.8, 4) is 5.75 Å². The van der Waals surface area contributed by atoms with Gasteiger partial charge in [-0.15, -0.1) is 0 Å². The number of pyridine rings is 1. The van der Waals surface area contributed by atoms with Crippen LogP contribution in [-0.4, -0.2) is 27.0 Å². The molecule has 104 valence electrons. The number of anilines is 1. The van der Waals surface area contributed by atoms with Crippen molar-refractivity contribution in [3.05, 3.63) is 30.5 Å². The first-order valence-corrected chi connectivity index (χ1v) is 8.14. The molecule has 2 saturated heterocycles. The molecule has 0 amide bonds. The third kappa shape index (κ3) is 1.89. The van der Waals surface area contributed by atoms with Crippen LogP contribution in [0, 0.1) is 0 Å². The molecule has 1 aromatic heterocycles. The summed E-state index contributed by atoms with van der Waals surface area (Å²) in [7, 11) is 0. The van der Waals surface area contributed by atoms with Crippen LogP contribution in [-0.2, 0) is 0 Å². The Morgan fingerprint density at radius 2 is 1.90 bits per heavy atom. The Hall–Kier alpha value is -1.29. The SMILES string of the molecule is Oc1ccc2ccnc(N3C4CCC3CC(Br)C4)c2c1. The maximum Gasteiger partial charge on any atom is 0.137 e. The molecule has 0 aliphatic carbocycles. The van der Waals surface area contributed by atoms with Crippen LogP contribution in [0.1, 0.15) is 25.7 Å². The first kappa shape index (κ1) is 12.5. The van der Waals surface area contributed by atoms with Crippen molar-refractivity contribution in [2.45, 2.75) is 42.6 Å². The highest BCUT2D eigenvalue weighted by molar-refractivity contribution is 9.09. The topological polar surface area (TPSA) is 36.4 Å². The fraction of sp³-hybridized carbons (Fsp3) is 0.438. The van der Waals surface area contributed by atoms with Crippen LogP contribution in [0.4, 0.5) is 5.82 Å². The van der Waals surface area contributed by atoms with Crippen LogP contribution in [0.2, 0.25) is 0 Å². The lowest BCUT2D eigenvalue weighted by molar-refractivity contribution is 0.475. The minimum Gasteiger partial charge on any atom is -0.508 e. The molecule has 2 aliphatic rings. The summed E-state index contributed by atoms with van der Waals surface area (Å²) in [6.07, 6.45) is 6.77. The third-order valence-electron chi connectivity index (χ3n) is 4.65. The van der Waals surface area contributed by atoms with Gasteiger partial charge in [-0.25, -0.2) is 4.98 Å². The number of aromatic nitrogens is 1. The minimum atomic E-state index is 0.314. The summed E-state index contributed by atoms with van der Waals surface area (Å²) in [5.41, 5.74) is 0. The van der Waals surface area contributed by atoms with Gasteiger partial charge in [-0.05, 0) is 49.3 Å². The van der Waals surface area contributed by atoms with Crippen molar-refractivity contribution in [2.24, 2.45) is 0 Å². The van der Waals surface area contributed by atoms with Crippen LogP contribution in [0.5, 0.6) is 5.75 Å². The number of hydrogen-bond acceptors (Lipinski definition) is 3. The number of hydrogen-bond donors (Lipinski definition) is 1. The van der Waals surface area contributed by atoms with Gasteiger partial charge in [0, 0.05) is 28.5 Å². The number of nitrogens with zero attached hydrogens (tertiary/aromatic N) is 2. The van der Waals surface area contributed by atoms with Crippen LogP contribution in [0.15, 0.2) is 30.5 Å². The van der Waals surface area contributed by atoms with Gasteiger partial charge in [-0.3, -0.25) is 0 Å². The molecule has 3 nitrogen and oxygen atoms in total. The predicted molar refractivity (Wildman–Crippen MR) is 84.6 cm³/mol. The van der Waals surface area contributed by atoms with Crippen molar-refractivity contribution in [2.75, 3.05) is 4.90 Å². The average molecular weight is 333 g/mol. The Labute approximate surface area is 126 Å². The highest BCUT2D eigenvalue weighted by Crippen LogP contribution is 2.42. The van der Waals surface area contributed by atoms with E-state index in [4.69, 9.17) is 0 Å². The van der Waals surface area contributed by atoms with E-state index in [0.717, 1.165) is 16.6 Å². The number of halogens is 1. The largest absolute Gasteiger partial charge is 0.508 e. The van der Waals surface area contributed by atoms with E-state index >= 15 is 0 Å². The summed E-state index contributed by atoms with van der Waals surface area (Å²) in [6.45, 7) is 0. The fourth-order valence-electron chi connectivity index (χ4n) is 3.80. The van der Waals surface area contributed by atoms with Gasteiger partial charge in [-0.1, -0.05) is 22.0 Å². The van der Waals surface area contributed by atoms with E-state index in [-0.39, 0.29) is 0 Å². The second kappa shape index (κ2) is 4.62. The normalized spacial score (nSPS) is 29.1. The molecule has 3 heterocycles. The number of benzene rings is 1. The smallest absolute Gasteiger partial charge is 0.137 e. The van der Waals surface area contributed by atoms with E-state index in [1.807, 2.05) is 24.4 Å². The van der Waals surface area contributed by atoms with Gasteiger partial charge in [-0.2, -0.15) is 0 Å². The quantitative estimate of drug-likeness (QED) is 0.806. The monoisotopic (exact) mass is 332 g/mol. The van der Waals surface area contributed by atoms with Crippen LogP contribution < -0.4 is 4.90 Å². The molecular formula is C16H17BrN2O. The standard InChI is InChI=1S/C16H17BrN2O/c17-11-7-12-2-3-13(8-11)19(12)16-15-9-14(20)4-1-10(15)5-6-18-16/h1,4-6,9,11-13,20H,2-3,7-8H2. The molecule has 2 aromatic rings. The van der Waals surface area contributed by atoms with Crippen molar-refractivity contribution < 1.29 is 5.11 Å². The van der Waals surface area contributed by atoms with E-state index in [1.165, 1.54) is 25.7 Å². The summed E-state index contributed by atoms with van der Waals surface area (Å²) >= 11 is 3.78. The zero-order valence-electron chi connectivity index (χ0n) is 11.2. The highest BCUT2D eigenvalue weighted by Gasteiger charge is 2.41. The highest BCUT2D eigenvalue weighted by atomic mass is 79.9. The van der Waals surface area contributed by atoms with Crippen LogP contribution in [0.3, 0.4) is 0 Å². The fourth-order valence-corrected chi connectivity index (χ4v) is 4.67. The maximum atomic E-state index is 9.79. The molecule has 1 N–H and O–H groups in total. The average Bonchev–Trinajstić information content (AvgIpc) is 2.70. The summed E-state index contributed by atoms with van der Waals surface area (Å²) in [5.74, 6) is 1.36. The van der Waals surface area contributed by atoms with Crippen LogP contribution >= 0.6 is 15.9 Å². The van der Waals surface area contributed by atoms with Gasteiger partial charge in [0.25, 0.3) is 0 Å². The van der Waals surface area contributed by atoms with Gasteiger partial charge in [0.1, 0.15) is 11.6 Å². The van der Waals surface area contributed by atoms with Gasteiger partial charge in [0.15, 0.2) is 0 Å². The number of phenolic OH excluding ortho intramolecular Hbond substituents is 1. The summed E-state index contributed by atoms with van der Waals surface area (Å²) in [4.78, 5) is 7.78. The number of aromatic hydroxyl groups is 1. The Balaban J connectivity index is 1.85. The first-order chi connectivity index (χ1) is 9.72. The van der Waals surface area contributed by atoms with Crippen molar-refractivity contribution in [3.63, 3.8) is 0 Å². The van der Waals surface area contributed by atoms with Crippen molar-refractivity contribution in [1.29, 1.82) is 0 Å². The van der Waals surface area contributed by atoms with E-state index in [1.54, 1.807) is 6.07 Å². The van der Waals surface area contributed by atoms with Gasteiger partial charge < -0.3 is 10.0 Å². The Bertz CT molecular complexity index is 646. The van der Waals surface area contributed by atoms with Gasteiger partial charge in [0.2, 0.25) is 0 Å². The Morgan fingerprint density at radius 3 is 2.65 bits per heavy atom. The van der Waals surface area contributed by atoms with Gasteiger partial charge >= 0.3 is 0 Å². The molecule has 0 radical (unpaired) electrons. The number of phenols is 1. The minimum absolute atomic E-state index is 0.314. The van der Waals surface area contributed by atoms with E-state index in [0.29, 0.717) is 22.7 Å². The second-order valence-corrected chi connectivity index (χ2v) is 7.20. The van der Waals surface area contributed by atoms with Gasteiger partial charge in [0.05, 0.1) is 0 Å². The zero-order chi connectivity index (χ0) is 13.7. The van der Waals surface area contributed by atoms with Crippen molar-refractivity contribution >= 4 is 32.5 Å². The lowest BCUT2D eigenvalue weighted by Crippen LogP contribution is -2.43. The molecular weight excluding hydrogens is 316 g/mol. The number of fused-ring (bicyclic) bond motifs is 3. The molecule has 2 atom stereocenters. The lowest BCUT2D eigenvalue weighted by Gasteiger charge is -2.38. The zero-order valence-corrected chi connectivity index (χ0v) is 12.8. The number of rotatable bonds is 1. The molecule has 4 rings (SSSR count). The molecule has 0 saturated carbocycles. The molecule has 20 heavy (non-hydrogen) atoms. The predicted octanol–water partition coefficient (Wildman–Crippen LogP) is 3.84. The van der Waals surface area contributed by atoms with Crippen LogP contribution in [0.25, 0.3) is 10.8 Å². The Kier molecular flexibility index (Phi) is 2.88. The molecule has 2 bridgehead atoms. The number of piperidine rings is 1. The summed E-state index contributed by atoms with van der Waals surface area (Å²) < 4.78 is 0. The first-order valence-electron chi connectivity index (χ1n) is 7.22. The lowest BCUT2D eigenvalue weighted by atomic mass is 10.0.